The quantitative estimate of drug-likeness (QED) is 0.826. The van der Waals surface area contributed by atoms with Gasteiger partial charge in [-0.1, -0.05) is 0 Å². The van der Waals surface area contributed by atoms with Crippen molar-refractivity contribution in [2.75, 3.05) is 13.7 Å². The van der Waals surface area contributed by atoms with Crippen LogP contribution in [0.5, 0.6) is 5.75 Å². The zero-order valence-corrected chi connectivity index (χ0v) is 10.4. The highest BCUT2D eigenvalue weighted by Crippen LogP contribution is 2.16. The molecular weight excluding hydrogens is 204 g/mol. The fraction of sp³-hybridized carbons (Fsp3) is 0.583. The summed E-state index contributed by atoms with van der Waals surface area (Å²) in [7, 11) is 1.64. The Bertz CT molecular complexity index is 351. The summed E-state index contributed by atoms with van der Waals surface area (Å²) in [6.45, 7) is 6.78. The van der Waals surface area contributed by atoms with Crippen molar-refractivity contribution in [2.24, 2.45) is 5.73 Å². The first kappa shape index (κ1) is 12.9. The number of methoxy groups -OCH3 is 1. The summed E-state index contributed by atoms with van der Waals surface area (Å²) in [4.78, 5) is 4.37. The lowest BCUT2D eigenvalue weighted by atomic mass is 10.1. The first-order valence-electron chi connectivity index (χ1n) is 5.32. The van der Waals surface area contributed by atoms with Crippen LogP contribution in [0.25, 0.3) is 0 Å². The van der Waals surface area contributed by atoms with Crippen LogP contribution in [-0.4, -0.2) is 24.2 Å². The maximum absolute atomic E-state index is 5.68. The summed E-state index contributed by atoms with van der Waals surface area (Å²) in [5.41, 5.74) is 7.05. The van der Waals surface area contributed by atoms with E-state index in [9.17, 15) is 0 Å². The molecule has 4 heteroatoms. The SMILES string of the molecule is COc1cc(C)nc(COC(C)(C)CN)c1. The summed E-state index contributed by atoms with van der Waals surface area (Å²) in [5.74, 6) is 0.802. The Hall–Kier alpha value is -1.13. The molecule has 2 N–H and O–H groups in total. The number of nitrogens with zero attached hydrogens (tertiary/aromatic N) is 1. The number of rotatable bonds is 5. The van der Waals surface area contributed by atoms with Crippen LogP contribution in [0.1, 0.15) is 25.2 Å². The smallest absolute Gasteiger partial charge is 0.122 e. The van der Waals surface area contributed by atoms with Crippen LogP contribution in [0.2, 0.25) is 0 Å². The summed E-state index contributed by atoms with van der Waals surface area (Å²) < 4.78 is 10.8. The first-order chi connectivity index (χ1) is 7.46. The lowest BCUT2D eigenvalue weighted by molar-refractivity contribution is -0.0237. The van der Waals surface area contributed by atoms with E-state index in [0.29, 0.717) is 13.2 Å². The van der Waals surface area contributed by atoms with Crippen LogP contribution < -0.4 is 10.5 Å². The number of nitrogens with two attached hydrogens (primary N) is 1. The number of aromatic nitrogens is 1. The average molecular weight is 224 g/mol. The Morgan fingerprint density at radius 3 is 2.62 bits per heavy atom. The van der Waals surface area contributed by atoms with Crippen molar-refractivity contribution in [3.8, 4) is 5.75 Å². The third-order valence-corrected chi connectivity index (χ3v) is 2.32. The van der Waals surface area contributed by atoms with Gasteiger partial charge in [0, 0.05) is 24.4 Å². The molecule has 0 radical (unpaired) electrons. The summed E-state index contributed by atoms with van der Waals surface area (Å²) in [6, 6.07) is 3.76. The van der Waals surface area contributed by atoms with Gasteiger partial charge in [0.1, 0.15) is 5.75 Å². The molecule has 0 spiro atoms. The minimum Gasteiger partial charge on any atom is -0.497 e. The van der Waals surface area contributed by atoms with Gasteiger partial charge < -0.3 is 15.2 Å². The van der Waals surface area contributed by atoms with Gasteiger partial charge in [-0.25, -0.2) is 0 Å². The summed E-state index contributed by atoms with van der Waals surface area (Å²) >= 11 is 0. The molecule has 0 bridgehead atoms. The predicted molar refractivity (Wildman–Crippen MR) is 63.4 cm³/mol. The third-order valence-electron chi connectivity index (χ3n) is 2.32. The standard InChI is InChI=1S/C12H20N2O2/c1-9-5-11(15-4)6-10(14-9)7-16-12(2,3)8-13/h5-6H,7-8,13H2,1-4H3. The molecule has 90 valence electrons. The van der Waals surface area contributed by atoms with E-state index < -0.39 is 0 Å². The molecule has 0 aliphatic rings. The second-order valence-corrected chi connectivity index (χ2v) is 4.39. The van der Waals surface area contributed by atoms with Crippen molar-refractivity contribution >= 4 is 0 Å². The van der Waals surface area contributed by atoms with Gasteiger partial charge >= 0.3 is 0 Å². The van der Waals surface area contributed by atoms with Gasteiger partial charge in [0.05, 0.1) is 25.0 Å². The van der Waals surface area contributed by atoms with E-state index in [1.54, 1.807) is 7.11 Å². The van der Waals surface area contributed by atoms with Crippen molar-refractivity contribution in [2.45, 2.75) is 33.0 Å². The highest BCUT2D eigenvalue weighted by Gasteiger charge is 2.16. The first-order valence-corrected chi connectivity index (χ1v) is 5.32. The van der Waals surface area contributed by atoms with Crippen LogP contribution in [0.4, 0.5) is 0 Å². The molecule has 4 nitrogen and oxygen atoms in total. The second-order valence-electron chi connectivity index (χ2n) is 4.39. The minimum absolute atomic E-state index is 0.321. The van der Waals surface area contributed by atoms with Crippen LogP contribution in [0.3, 0.4) is 0 Å². The molecule has 0 fully saturated rings. The molecular formula is C12H20N2O2. The normalized spacial score (nSPS) is 11.6. The van der Waals surface area contributed by atoms with Gasteiger partial charge in [-0.2, -0.15) is 0 Å². The molecule has 1 aromatic rings. The molecule has 0 aliphatic carbocycles. The van der Waals surface area contributed by atoms with E-state index in [2.05, 4.69) is 4.98 Å². The largest absolute Gasteiger partial charge is 0.497 e. The van der Waals surface area contributed by atoms with Crippen molar-refractivity contribution in [3.05, 3.63) is 23.5 Å². The highest BCUT2D eigenvalue weighted by molar-refractivity contribution is 5.26. The summed E-state index contributed by atoms with van der Waals surface area (Å²) in [5, 5.41) is 0. The molecule has 0 aromatic carbocycles. The van der Waals surface area contributed by atoms with Crippen molar-refractivity contribution in [1.82, 2.24) is 4.98 Å². The van der Waals surface area contributed by atoms with Gasteiger partial charge in [-0.3, -0.25) is 4.98 Å². The van der Waals surface area contributed by atoms with Crippen LogP contribution in [-0.2, 0) is 11.3 Å². The fourth-order valence-electron chi connectivity index (χ4n) is 1.22. The van der Waals surface area contributed by atoms with Crippen molar-refractivity contribution < 1.29 is 9.47 Å². The molecule has 1 heterocycles. The predicted octanol–water partition coefficient (Wildman–Crippen LogP) is 1.65. The van der Waals surface area contributed by atoms with Crippen LogP contribution in [0.15, 0.2) is 12.1 Å². The Morgan fingerprint density at radius 2 is 2.06 bits per heavy atom. The topological polar surface area (TPSA) is 57.4 Å². The third kappa shape index (κ3) is 3.79. The molecule has 0 amide bonds. The zero-order valence-electron chi connectivity index (χ0n) is 10.4. The van der Waals surface area contributed by atoms with E-state index in [0.717, 1.165) is 17.1 Å². The maximum Gasteiger partial charge on any atom is 0.122 e. The molecule has 0 unspecified atom stereocenters. The molecule has 0 atom stereocenters. The molecule has 0 saturated heterocycles. The molecule has 1 rings (SSSR count). The van der Waals surface area contributed by atoms with E-state index >= 15 is 0 Å². The van der Waals surface area contributed by atoms with Gasteiger partial charge in [0.25, 0.3) is 0 Å². The average Bonchev–Trinajstić information content (AvgIpc) is 2.26. The minimum atomic E-state index is -0.321. The van der Waals surface area contributed by atoms with Crippen LogP contribution in [0, 0.1) is 6.92 Å². The number of hydrogen-bond donors (Lipinski definition) is 1. The molecule has 16 heavy (non-hydrogen) atoms. The molecule has 0 saturated carbocycles. The van der Waals surface area contributed by atoms with E-state index in [1.165, 1.54) is 0 Å². The number of pyridine rings is 1. The van der Waals surface area contributed by atoms with Crippen LogP contribution >= 0.6 is 0 Å². The van der Waals surface area contributed by atoms with Crippen molar-refractivity contribution in [3.63, 3.8) is 0 Å². The lowest BCUT2D eigenvalue weighted by Crippen LogP contribution is -2.33. The van der Waals surface area contributed by atoms with Gasteiger partial charge in [-0.05, 0) is 20.8 Å². The monoisotopic (exact) mass is 224 g/mol. The number of aryl methyl sites for hydroxylation is 1. The zero-order chi connectivity index (χ0) is 12.2. The van der Waals surface area contributed by atoms with E-state index in [4.69, 9.17) is 15.2 Å². The Labute approximate surface area is 96.8 Å². The van der Waals surface area contributed by atoms with Gasteiger partial charge in [0.2, 0.25) is 0 Å². The fourth-order valence-corrected chi connectivity index (χ4v) is 1.22. The molecule has 0 aliphatic heterocycles. The maximum atomic E-state index is 5.68. The Balaban J connectivity index is 2.70. The highest BCUT2D eigenvalue weighted by atomic mass is 16.5. The van der Waals surface area contributed by atoms with E-state index in [-0.39, 0.29) is 5.60 Å². The Morgan fingerprint density at radius 1 is 1.38 bits per heavy atom. The van der Waals surface area contributed by atoms with Gasteiger partial charge in [0.15, 0.2) is 0 Å². The Kier molecular flexibility index (Phi) is 4.26. The van der Waals surface area contributed by atoms with E-state index in [1.807, 2.05) is 32.9 Å². The number of hydrogen-bond acceptors (Lipinski definition) is 4. The second kappa shape index (κ2) is 5.27. The van der Waals surface area contributed by atoms with Crippen molar-refractivity contribution in [1.29, 1.82) is 0 Å². The summed E-state index contributed by atoms with van der Waals surface area (Å²) in [6.07, 6.45) is 0. The number of ether oxygens (including phenoxy) is 2. The molecule has 1 aromatic heterocycles. The lowest BCUT2D eigenvalue weighted by Gasteiger charge is -2.23. The van der Waals surface area contributed by atoms with Gasteiger partial charge in [-0.15, -0.1) is 0 Å².